The first-order chi connectivity index (χ1) is 25.2. The van der Waals surface area contributed by atoms with E-state index in [9.17, 15) is 45.6 Å². The van der Waals surface area contributed by atoms with Crippen molar-refractivity contribution in [2.45, 2.75) is 167 Å². The van der Waals surface area contributed by atoms with E-state index in [2.05, 4.69) is 47.6 Å². The molecule has 5 aliphatic carbocycles. The second-order valence-electron chi connectivity index (χ2n) is 20.1. The van der Waals surface area contributed by atoms with Gasteiger partial charge in [-0.2, -0.15) is 0 Å². The summed E-state index contributed by atoms with van der Waals surface area (Å²) < 4.78 is 23.6. The number of allylic oxidation sites excluding steroid dienone is 2. The van der Waals surface area contributed by atoms with Gasteiger partial charge in [0.05, 0.1) is 31.3 Å². The van der Waals surface area contributed by atoms with Crippen molar-refractivity contribution in [1.82, 2.24) is 0 Å². The van der Waals surface area contributed by atoms with Crippen LogP contribution >= 0.6 is 0 Å². The normalized spacial score (nSPS) is 54.3. The topological polar surface area (TPSA) is 216 Å². The van der Waals surface area contributed by atoms with Crippen molar-refractivity contribution in [1.29, 1.82) is 0 Å². The average molecular weight is 767 g/mol. The minimum atomic E-state index is -1.68. The maximum Gasteiger partial charge on any atom is 0.310 e. The maximum absolute atomic E-state index is 13.0. The molecule has 18 atom stereocenters. The maximum atomic E-state index is 13.0. The smallest absolute Gasteiger partial charge is 0.310 e. The van der Waals surface area contributed by atoms with E-state index < -0.39 is 84.8 Å². The number of carboxylic acids is 1. The minimum Gasteiger partial charge on any atom is -0.481 e. The van der Waals surface area contributed by atoms with Crippen molar-refractivity contribution in [3.8, 4) is 0 Å². The number of aliphatic carboxylic acids is 1. The van der Waals surface area contributed by atoms with Crippen LogP contribution in [0.2, 0.25) is 0 Å². The fourth-order valence-electron chi connectivity index (χ4n) is 13.4. The predicted octanol–water partition coefficient (Wildman–Crippen LogP) is 2.49. The minimum absolute atomic E-state index is 0.0344. The molecule has 2 unspecified atom stereocenters. The highest BCUT2D eigenvalue weighted by atomic mass is 16.7. The Morgan fingerprint density at radius 3 is 2.15 bits per heavy atom. The van der Waals surface area contributed by atoms with Crippen molar-refractivity contribution in [3.05, 3.63) is 11.6 Å². The summed E-state index contributed by atoms with van der Waals surface area (Å²) in [6.07, 6.45) is -2.86. The van der Waals surface area contributed by atoms with Crippen molar-refractivity contribution in [3.63, 3.8) is 0 Å². The van der Waals surface area contributed by atoms with Crippen LogP contribution in [0.15, 0.2) is 11.6 Å². The second kappa shape index (κ2) is 14.0. The third kappa shape index (κ3) is 5.92. The number of rotatable bonds is 7. The molecule has 54 heavy (non-hydrogen) atoms. The van der Waals surface area contributed by atoms with E-state index in [1.165, 1.54) is 5.57 Å². The standard InChI is InChI=1S/C41H66O13/c1-36(2)13-15-41(35(49)50)16-14-39(5)21(22(41)17-36)7-8-26-37(3)11-10-27(38(4,20-43)25(37)9-12-40(26,39)6)54-33-31(47)29(45)24(19-51-33)53-34-32(48)30(46)28(44)23(18-42)52-34/h7,22-34,42-48H,8-20H2,1-6H3,(H,49,50)/t22-,23+,24+,25?,26?,27-,28+,29+,30-,31-,32+,33+,34-,37-,38-,39+,40+,41-/m0/s1. The van der Waals surface area contributed by atoms with Crippen LogP contribution in [0, 0.1) is 50.2 Å². The third-order valence-corrected chi connectivity index (χ3v) is 17.0. The number of aliphatic hydroxyl groups is 7. The molecule has 7 aliphatic rings. The van der Waals surface area contributed by atoms with Gasteiger partial charge in [0.2, 0.25) is 0 Å². The molecule has 8 N–H and O–H groups in total. The monoisotopic (exact) mass is 766 g/mol. The average Bonchev–Trinajstić information content (AvgIpc) is 3.12. The van der Waals surface area contributed by atoms with E-state index in [0.29, 0.717) is 18.8 Å². The van der Waals surface area contributed by atoms with Gasteiger partial charge in [0.25, 0.3) is 0 Å². The van der Waals surface area contributed by atoms with Crippen molar-refractivity contribution < 1.29 is 64.6 Å². The number of fused-ring (bicyclic) bond motifs is 7. The fourth-order valence-corrected chi connectivity index (χ4v) is 13.4. The molecule has 4 saturated carbocycles. The highest BCUT2D eigenvalue weighted by Gasteiger charge is 2.70. The van der Waals surface area contributed by atoms with Crippen LogP contribution in [0.3, 0.4) is 0 Å². The summed E-state index contributed by atoms with van der Waals surface area (Å²) in [5.74, 6) is -0.194. The zero-order valence-electron chi connectivity index (χ0n) is 32.9. The number of aliphatic hydroxyl groups excluding tert-OH is 7. The Balaban J connectivity index is 1.08. The van der Waals surface area contributed by atoms with Gasteiger partial charge in [0.1, 0.15) is 42.7 Å². The van der Waals surface area contributed by atoms with Crippen LogP contribution in [0.5, 0.6) is 0 Å². The predicted molar refractivity (Wildman–Crippen MR) is 193 cm³/mol. The molecule has 0 spiro atoms. The zero-order chi connectivity index (χ0) is 39.4. The molecule has 0 bridgehead atoms. The van der Waals surface area contributed by atoms with Crippen LogP contribution in [0.1, 0.15) is 106 Å². The van der Waals surface area contributed by atoms with Gasteiger partial charge in [0.15, 0.2) is 12.6 Å². The van der Waals surface area contributed by atoms with Crippen molar-refractivity contribution in [2.75, 3.05) is 19.8 Å². The number of carbonyl (C=O) groups is 1. The van der Waals surface area contributed by atoms with E-state index in [1.54, 1.807) is 0 Å². The molecule has 7 rings (SSSR count). The largest absolute Gasteiger partial charge is 0.481 e. The number of hydrogen-bond acceptors (Lipinski definition) is 12. The lowest BCUT2D eigenvalue weighted by Gasteiger charge is -2.71. The molecular formula is C41H66O13. The molecule has 0 aromatic rings. The summed E-state index contributed by atoms with van der Waals surface area (Å²) in [5, 5.41) is 84.5. The van der Waals surface area contributed by atoms with Gasteiger partial charge < -0.3 is 59.8 Å². The van der Waals surface area contributed by atoms with Gasteiger partial charge in [-0.25, -0.2) is 0 Å². The van der Waals surface area contributed by atoms with E-state index in [4.69, 9.17) is 18.9 Å². The number of carboxylic acid groups (broad SMARTS) is 1. The molecule has 6 fully saturated rings. The Morgan fingerprint density at radius 2 is 1.48 bits per heavy atom. The van der Waals surface area contributed by atoms with Crippen molar-refractivity contribution in [2.24, 2.45) is 50.2 Å². The van der Waals surface area contributed by atoms with Crippen LogP contribution in [0.25, 0.3) is 0 Å². The van der Waals surface area contributed by atoms with Crippen LogP contribution in [-0.4, -0.2) is 128 Å². The molecule has 2 saturated heterocycles. The van der Waals surface area contributed by atoms with Crippen molar-refractivity contribution >= 4 is 5.97 Å². The summed E-state index contributed by atoms with van der Waals surface area (Å²) in [6, 6.07) is 0. The van der Waals surface area contributed by atoms with Gasteiger partial charge >= 0.3 is 5.97 Å². The summed E-state index contributed by atoms with van der Waals surface area (Å²) in [6.45, 7) is 12.9. The molecule has 308 valence electrons. The quantitative estimate of drug-likeness (QED) is 0.138. The zero-order valence-corrected chi connectivity index (χ0v) is 32.9. The van der Waals surface area contributed by atoms with Gasteiger partial charge in [-0.15, -0.1) is 0 Å². The van der Waals surface area contributed by atoms with Gasteiger partial charge in [-0.3, -0.25) is 4.79 Å². The number of ether oxygens (including phenoxy) is 4. The van der Waals surface area contributed by atoms with Gasteiger partial charge in [0, 0.05) is 5.41 Å². The molecule has 0 aromatic heterocycles. The first-order valence-electron chi connectivity index (χ1n) is 20.4. The Labute approximate surface area is 319 Å². The Morgan fingerprint density at radius 1 is 0.796 bits per heavy atom. The lowest BCUT2D eigenvalue weighted by Crippen LogP contribution is -2.67. The van der Waals surface area contributed by atoms with E-state index in [1.807, 2.05) is 0 Å². The highest BCUT2D eigenvalue weighted by molar-refractivity contribution is 5.76. The lowest BCUT2D eigenvalue weighted by atomic mass is 9.33. The van der Waals surface area contributed by atoms with Crippen LogP contribution < -0.4 is 0 Å². The molecule has 2 heterocycles. The Bertz CT molecular complexity index is 1450. The molecule has 2 aliphatic heterocycles. The molecular weight excluding hydrogens is 700 g/mol. The molecule has 0 radical (unpaired) electrons. The summed E-state index contributed by atoms with van der Waals surface area (Å²) in [4.78, 5) is 13.0. The summed E-state index contributed by atoms with van der Waals surface area (Å²) in [5.41, 5.74) is -0.234. The third-order valence-electron chi connectivity index (χ3n) is 17.0. The second-order valence-corrected chi connectivity index (χ2v) is 20.1. The van der Waals surface area contributed by atoms with Gasteiger partial charge in [-0.05, 0) is 104 Å². The molecule has 13 heteroatoms. The summed E-state index contributed by atoms with van der Waals surface area (Å²) in [7, 11) is 0. The van der Waals surface area contributed by atoms with E-state index in [-0.39, 0.29) is 46.7 Å². The first-order valence-corrected chi connectivity index (χ1v) is 20.4. The van der Waals surface area contributed by atoms with Crippen LogP contribution in [0.4, 0.5) is 0 Å². The van der Waals surface area contributed by atoms with Crippen LogP contribution in [-0.2, 0) is 23.7 Å². The fraction of sp³-hybridized carbons (Fsp3) is 0.927. The Kier molecular flexibility index (Phi) is 10.6. The SMILES string of the molecule is CC1(C)CC[C@]2(C(=O)O)CC[C@]3(C)C(=CCC4[C@@]5(C)CC[C@H](O[C@H]6OC[C@@H](O[C@@H]7O[C@H](CO)[C@@H](O)[C@H](O)[C@H]7O)[C@@H](O)[C@@H]6O)[C@@](C)(CO)C5CC[C@]43C)[C@@H]2C1. The lowest BCUT2D eigenvalue weighted by molar-refractivity contribution is -0.352. The highest BCUT2D eigenvalue weighted by Crippen LogP contribution is 2.76. The molecule has 0 amide bonds. The molecule has 13 nitrogen and oxygen atoms in total. The summed E-state index contributed by atoms with van der Waals surface area (Å²) >= 11 is 0. The number of hydrogen-bond donors (Lipinski definition) is 8. The first kappa shape index (κ1) is 40.9. The van der Waals surface area contributed by atoms with Gasteiger partial charge in [-0.1, -0.05) is 53.2 Å². The van der Waals surface area contributed by atoms with E-state index in [0.717, 1.165) is 51.4 Å². The molecule has 0 aromatic carbocycles. The Hall–Kier alpha value is -1.23. The van der Waals surface area contributed by atoms with E-state index >= 15 is 0 Å².